The van der Waals surface area contributed by atoms with Crippen molar-refractivity contribution < 1.29 is 9.59 Å². The van der Waals surface area contributed by atoms with E-state index < -0.39 is 0 Å². The Balaban J connectivity index is 2.28. The maximum absolute atomic E-state index is 12.2. The standard InChI is InChI=1S/C18H35N3O2/c1-6-20(7-2)14-15-8-10-21(11-9-15)17(23)13-19-16(22)12-18(3,4)5/h15H,6-14H2,1-5H3,(H,19,22). The summed E-state index contributed by atoms with van der Waals surface area (Å²) < 4.78 is 0. The number of amides is 2. The molecule has 1 aliphatic heterocycles. The number of piperidine rings is 1. The molecule has 0 saturated carbocycles. The summed E-state index contributed by atoms with van der Waals surface area (Å²) in [6.07, 6.45) is 2.59. The first-order chi connectivity index (χ1) is 10.7. The second-order valence-electron chi connectivity index (χ2n) is 7.82. The van der Waals surface area contributed by atoms with E-state index in [1.807, 2.05) is 25.7 Å². The van der Waals surface area contributed by atoms with Gasteiger partial charge in [-0.05, 0) is 37.3 Å². The van der Waals surface area contributed by atoms with Crippen molar-refractivity contribution in [3.8, 4) is 0 Å². The minimum absolute atomic E-state index is 0.0396. The minimum atomic E-state index is -0.0457. The van der Waals surface area contributed by atoms with Gasteiger partial charge in [-0.15, -0.1) is 0 Å². The molecular formula is C18H35N3O2. The zero-order chi connectivity index (χ0) is 17.5. The SMILES string of the molecule is CCN(CC)CC1CCN(C(=O)CNC(=O)CC(C)(C)C)CC1. The molecule has 1 aliphatic rings. The van der Waals surface area contributed by atoms with E-state index in [-0.39, 0.29) is 23.8 Å². The van der Waals surface area contributed by atoms with Gasteiger partial charge in [-0.25, -0.2) is 0 Å². The van der Waals surface area contributed by atoms with Gasteiger partial charge in [-0.3, -0.25) is 9.59 Å². The van der Waals surface area contributed by atoms with E-state index >= 15 is 0 Å². The third-order valence-corrected chi connectivity index (χ3v) is 4.51. The highest BCUT2D eigenvalue weighted by Crippen LogP contribution is 2.19. The number of nitrogens with one attached hydrogen (secondary N) is 1. The Labute approximate surface area is 141 Å². The highest BCUT2D eigenvalue weighted by atomic mass is 16.2. The lowest BCUT2D eigenvalue weighted by Gasteiger charge is -2.34. The molecule has 23 heavy (non-hydrogen) atoms. The van der Waals surface area contributed by atoms with Crippen LogP contribution in [0.15, 0.2) is 0 Å². The topological polar surface area (TPSA) is 52.6 Å². The van der Waals surface area contributed by atoms with Crippen LogP contribution in [0.4, 0.5) is 0 Å². The number of rotatable bonds is 7. The third-order valence-electron chi connectivity index (χ3n) is 4.51. The van der Waals surface area contributed by atoms with Crippen molar-refractivity contribution in [1.82, 2.24) is 15.1 Å². The molecule has 0 aliphatic carbocycles. The Morgan fingerprint density at radius 3 is 2.17 bits per heavy atom. The number of nitrogens with zero attached hydrogens (tertiary/aromatic N) is 2. The van der Waals surface area contributed by atoms with Crippen molar-refractivity contribution in [1.29, 1.82) is 0 Å². The van der Waals surface area contributed by atoms with Crippen LogP contribution in [0, 0.1) is 11.3 Å². The number of likely N-dealkylation sites (tertiary alicyclic amines) is 1. The summed E-state index contributed by atoms with van der Waals surface area (Å²) in [6.45, 7) is 15.6. The molecule has 1 N–H and O–H groups in total. The van der Waals surface area contributed by atoms with E-state index in [2.05, 4.69) is 24.1 Å². The molecule has 5 nitrogen and oxygen atoms in total. The lowest BCUT2D eigenvalue weighted by atomic mass is 9.92. The van der Waals surface area contributed by atoms with Crippen LogP contribution >= 0.6 is 0 Å². The van der Waals surface area contributed by atoms with Crippen LogP contribution in [0.5, 0.6) is 0 Å². The molecule has 0 aromatic carbocycles. The molecule has 0 spiro atoms. The van der Waals surface area contributed by atoms with Crippen LogP contribution in [0.2, 0.25) is 0 Å². The van der Waals surface area contributed by atoms with E-state index in [1.54, 1.807) is 0 Å². The molecule has 0 unspecified atom stereocenters. The molecule has 0 radical (unpaired) electrons. The monoisotopic (exact) mass is 325 g/mol. The Hall–Kier alpha value is -1.10. The summed E-state index contributed by atoms with van der Waals surface area (Å²) in [4.78, 5) is 28.4. The van der Waals surface area contributed by atoms with Gasteiger partial charge < -0.3 is 15.1 Å². The van der Waals surface area contributed by atoms with Crippen LogP contribution in [0.3, 0.4) is 0 Å². The molecule has 0 bridgehead atoms. The fraction of sp³-hybridized carbons (Fsp3) is 0.889. The van der Waals surface area contributed by atoms with E-state index in [4.69, 9.17) is 0 Å². The van der Waals surface area contributed by atoms with Crippen molar-refractivity contribution in [2.24, 2.45) is 11.3 Å². The summed E-state index contributed by atoms with van der Waals surface area (Å²) in [6, 6.07) is 0. The van der Waals surface area contributed by atoms with E-state index in [9.17, 15) is 9.59 Å². The maximum atomic E-state index is 12.2. The predicted octanol–water partition coefficient (Wildman–Crippen LogP) is 2.12. The summed E-state index contributed by atoms with van der Waals surface area (Å²) >= 11 is 0. The van der Waals surface area contributed by atoms with Crippen LogP contribution in [-0.4, -0.2) is 60.9 Å². The van der Waals surface area contributed by atoms with Gasteiger partial charge in [0.2, 0.25) is 11.8 Å². The van der Waals surface area contributed by atoms with E-state index in [0.29, 0.717) is 12.3 Å². The lowest BCUT2D eigenvalue weighted by molar-refractivity contribution is -0.134. The third kappa shape index (κ3) is 7.82. The van der Waals surface area contributed by atoms with Crippen molar-refractivity contribution in [2.75, 3.05) is 39.3 Å². The largest absolute Gasteiger partial charge is 0.347 e. The van der Waals surface area contributed by atoms with Gasteiger partial charge in [0, 0.05) is 26.1 Å². The van der Waals surface area contributed by atoms with Crippen LogP contribution in [0.25, 0.3) is 0 Å². The van der Waals surface area contributed by atoms with Crippen molar-refractivity contribution >= 4 is 11.8 Å². The summed E-state index contributed by atoms with van der Waals surface area (Å²) in [5.41, 5.74) is -0.0457. The zero-order valence-corrected chi connectivity index (χ0v) is 15.7. The molecule has 5 heteroatoms. The first-order valence-corrected chi connectivity index (χ1v) is 9.02. The van der Waals surface area contributed by atoms with Gasteiger partial charge in [-0.1, -0.05) is 34.6 Å². The van der Waals surface area contributed by atoms with Crippen molar-refractivity contribution in [3.63, 3.8) is 0 Å². The van der Waals surface area contributed by atoms with E-state index in [1.165, 1.54) is 0 Å². The molecule has 0 aromatic rings. The molecular weight excluding hydrogens is 290 g/mol. The molecule has 134 valence electrons. The summed E-state index contributed by atoms with van der Waals surface area (Å²) in [5.74, 6) is 0.699. The maximum Gasteiger partial charge on any atom is 0.241 e. The van der Waals surface area contributed by atoms with Gasteiger partial charge in [0.25, 0.3) is 0 Å². The first kappa shape index (κ1) is 19.9. The quantitative estimate of drug-likeness (QED) is 0.780. The molecule has 1 heterocycles. The fourth-order valence-corrected chi connectivity index (χ4v) is 3.04. The summed E-state index contributed by atoms with van der Waals surface area (Å²) in [5, 5.41) is 2.76. The van der Waals surface area contributed by atoms with Gasteiger partial charge in [0.15, 0.2) is 0 Å². The predicted molar refractivity (Wildman–Crippen MR) is 94.2 cm³/mol. The molecule has 0 aromatic heterocycles. The molecule has 1 saturated heterocycles. The highest BCUT2D eigenvalue weighted by molar-refractivity contribution is 5.85. The number of carbonyl (C=O) groups excluding carboxylic acids is 2. The van der Waals surface area contributed by atoms with Crippen LogP contribution in [-0.2, 0) is 9.59 Å². The summed E-state index contributed by atoms with van der Waals surface area (Å²) in [7, 11) is 0. The molecule has 1 fully saturated rings. The number of carbonyl (C=O) groups is 2. The number of hydrogen-bond donors (Lipinski definition) is 1. The van der Waals surface area contributed by atoms with Crippen molar-refractivity contribution in [3.05, 3.63) is 0 Å². The molecule has 0 atom stereocenters. The van der Waals surface area contributed by atoms with Crippen LogP contribution < -0.4 is 5.32 Å². The molecule has 1 rings (SSSR count). The smallest absolute Gasteiger partial charge is 0.241 e. The van der Waals surface area contributed by atoms with Gasteiger partial charge in [0.1, 0.15) is 0 Å². The second-order valence-corrected chi connectivity index (χ2v) is 7.82. The fourth-order valence-electron chi connectivity index (χ4n) is 3.04. The Morgan fingerprint density at radius 2 is 1.70 bits per heavy atom. The van der Waals surface area contributed by atoms with Gasteiger partial charge in [-0.2, -0.15) is 0 Å². The average molecular weight is 325 g/mol. The van der Waals surface area contributed by atoms with Gasteiger partial charge >= 0.3 is 0 Å². The number of hydrogen-bond acceptors (Lipinski definition) is 3. The van der Waals surface area contributed by atoms with E-state index in [0.717, 1.165) is 45.6 Å². The normalized spacial score (nSPS) is 16.7. The van der Waals surface area contributed by atoms with Crippen LogP contribution in [0.1, 0.15) is 53.9 Å². The zero-order valence-electron chi connectivity index (χ0n) is 15.7. The van der Waals surface area contributed by atoms with Crippen molar-refractivity contribution in [2.45, 2.75) is 53.9 Å². The highest BCUT2D eigenvalue weighted by Gasteiger charge is 2.24. The van der Waals surface area contributed by atoms with Gasteiger partial charge in [0.05, 0.1) is 6.54 Å². The molecule has 2 amide bonds. The first-order valence-electron chi connectivity index (χ1n) is 9.02. The average Bonchev–Trinajstić information content (AvgIpc) is 2.49. The Bertz CT molecular complexity index is 378. The second kappa shape index (κ2) is 9.26. The minimum Gasteiger partial charge on any atom is -0.347 e. The Kier molecular flexibility index (Phi) is 8.03. The Morgan fingerprint density at radius 1 is 1.13 bits per heavy atom. The lowest BCUT2D eigenvalue weighted by Crippen LogP contribution is -2.45.